The lowest BCUT2D eigenvalue weighted by atomic mass is 10.2. The van der Waals surface area contributed by atoms with Crippen molar-refractivity contribution in [1.29, 1.82) is 0 Å². The molecule has 0 radical (unpaired) electrons. The summed E-state index contributed by atoms with van der Waals surface area (Å²) in [5, 5.41) is 10.7. The molecule has 0 aliphatic carbocycles. The minimum atomic E-state index is -0.446. The first-order chi connectivity index (χ1) is 6.74. The largest absolute Gasteiger partial charge is 0.312 e. The normalized spacial score (nSPS) is 13.7. The number of carbonyl (C=O) groups excluding carboxylic acids is 1. The fraction of sp³-hybridized carbons (Fsp3) is 0.222. The molecule has 0 atom stereocenters. The molecule has 0 unspecified atom stereocenters. The summed E-state index contributed by atoms with van der Waals surface area (Å²) in [7, 11) is 0. The molecular formula is C9H8N2O3. The van der Waals surface area contributed by atoms with Crippen LogP contribution >= 0.6 is 0 Å². The first-order valence-electron chi connectivity index (χ1n) is 4.24. The van der Waals surface area contributed by atoms with E-state index in [-0.39, 0.29) is 5.69 Å². The molecular weight excluding hydrogens is 184 g/mol. The van der Waals surface area contributed by atoms with Gasteiger partial charge in [-0.05, 0) is 12.8 Å². The van der Waals surface area contributed by atoms with Gasteiger partial charge in [0.2, 0.25) is 0 Å². The quantitative estimate of drug-likeness (QED) is 0.406. The Morgan fingerprint density at radius 3 is 3.00 bits per heavy atom. The Kier molecular flexibility index (Phi) is 1.92. The Balaban J connectivity index is 2.65. The van der Waals surface area contributed by atoms with Crippen LogP contribution in [0.15, 0.2) is 12.1 Å². The van der Waals surface area contributed by atoms with E-state index in [1.165, 1.54) is 6.07 Å². The van der Waals surface area contributed by atoms with Gasteiger partial charge in [-0.1, -0.05) is 6.08 Å². The molecule has 2 rings (SSSR count). The first kappa shape index (κ1) is 8.68. The van der Waals surface area contributed by atoms with Crippen LogP contribution in [0.2, 0.25) is 0 Å². The van der Waals surface area contributed by atoms with Crippen molar-refractivity contribution in [3.8, 4) is 0 Å². The van der Waals surface area contributed by atoms with Crippen LogP contribution in [0.1, 0.15) is 22.6 Å². The molecule has 1 aromatic heterocycles. The monoisotopic (exact) mass is 192 g/mol. The predicted octanol–water partition coefficient (Wildman–Crippen LogP) is 1.63. The third kappa shape index (κ3) is 1.14. The molecule has 5 heteroatoms. The van der Waals surface area contributed by atoms with E-state index in [4.69, 9.17) is 0 Å². The van der Waals surface area contributed by atoms with Gasteiger partial charge in [0.1, 0.15) is 5.69 Å². The van der Waals surface area contributed by atoms with E-state index in [0.717, 1.165) is 6.42 Å². The van der Waals surface area contributed by atoms with Gasteiger partial charge in [-0.3, -0.25) is 14.9 Å². The number of allylic oxidation sites excluding steroid dienone is 1. The van der Waals surface area contributed by atoms with Crippen LogP contribution in [0.3, 0.4) is 0 Å². The van der Waals surface area contributed by atoms with Gasteiger partial charge in [0.25, 0.3) is 5.69 Å². The van der Waals surface area contributed by atoms with E-state index >= 15 is 0 Å². The number of nitro groups is 1. The molecule has 0 aromatic carbocycles. The zero-order valence-electron chi connectivity index (χ0n) is 7.34. The van der Waals surface area contributed by atoms with Crippen molar-refractivity contribution < 1.29 is 9.72 Å². The molecule has 14 heavy (non-hydrogen) atoms. The highest BCUT2D eigenvalue weighted by Crippen LogP contribution is 2.27. The number of carbonyl (C=O) groups is 1. The van der Waals surface area contributed by atoms with Crippen molar-refractivity contribution in [2.75, 3.05) is 0 Å². The summed E-state index contributed by atoms with van der Waals surface area (Å²) in [6, 6.07) is 1.32. The summed E-state index contributed by atoms with van der Waals surface area (Å²) in [6.45, 7) is 0. The number of hydrogen-bond acceptors (Lipinski definition) is 3. The van der Waals surface area contributed by atoms with E-state index in [0.29, 0.717) is 24.1 Å². The van der Waals surface area contributed by atoms with Crippen LogP contribution < -0.4 is 0 Å². The molecule has 0 N–H and O–H groups in total. The van der Waals surface area contributed by atoms with Gasteiger partial charge in [0, 0.05) is 12.3 Å². The van der Waals surface area contributed by atoms with Gasteiger partial charge in [-0.15, -0.1) is 0 Å². The van der Waals surface area contributed by atoms with Crippen LogP contribution in [0.25, 0.3) is 6.20 Å². The van der Waals surface area contributed by atoms with Gasteiger partial charge in [-0.25, -0.2) is 0 Å². The smallest absolute Gasteiger partial charge is 0.291 e. The average molecular weight is 192 g/mol. The highest BCUT2D eigenvalue weighted by molar-refractivity contribution is 5.77. The number of hydrogen-bond donors (Lipinski definition) is 0. The van der Waals surface area contributed by atoms with Crippen LogP contribution in [-0.2, 0) is 6.42 Å². The van der Waals surface area contributed by atoms with E-state index in [1.54, 1.807) is 10.8 Å². The van der Waals surface area contributed by atoms with Gasteiger partial charge >= 0.3 is 0 Å². The Labute approximate surface area is 79.8 Å². The maximum atomic E-state index is 10.7. The summed E-state index contributed by atoms with van der Waals surface area (Å²) in [5.41, 5.74) is 0.985. The third-order valence-corrected chi connectivity index (χ3v) is 2.27. The Hall–Kier alpha value is -1.91. The molecule has 5 nitrogen and oxygen atoms in total. The standard InChI is InChI=1S/C9H8N2O3/c12-6-7-5-9(11(13)14)8-3-1-2-4-10(7)8/h2,4-6H,1,3H2. The van der Waals surface area contributed by atoms with Crippen LogP contribution in [-0.4, -0.2) is 15.8 Å². The summed E-state index contributed by atoms with van der Waals surface area (Å²) in [5.74, 6) is 0. The van der Waals surface area contributed by atoms with Crippen molar-refractivity contribution in [3.63, 3.8) is 0 Å². The molecule has 2 heterocycles. The molecule has 1 aromatic rings. The van der Waals surface area contributed by atoms with Crippen molar-refractivity contribution in [2.24, 2.45) is 0 Å². The molecule has 0 bridgehead atoms. The van der Waals surface area contributed by atoms with Crippen molar-refractivity contribution in [2.45, 2.75) is 12.8 Å². The summed E-state index contributed by atoms with van der Waals surface area (Å²) >= 11 is 0. The summed E-state index contributed by atoms with van der Waals surface area (Å²) in [6.07, 6.45) is 5.62. The van der Waals surface area contributed by atoms with Gasteiger partial charge < -0.3 is 4.57 Å². The zero-order chi connectivity index (χ0) is 10.1. The number of rotatable bonds is 2. The molecule has 0 saturated heterocycles. The Bertz CT molecular complexity index is 432. The van der Waals surface area contributed by atoms with Gasteiger partial charge in [0.05, 0.1) is 10.6 Å². The van der Waals surface area contributed by atoms with E-state index in [9.17, 15) is 14.9 Å². The molecule has 1 aliphatic heterocycles. The molecule has 0 amide bonds. The minimum Gasteiger partial charge on any atom is -0.312 e. The van der Waals surface area contributed by atoms with E-state index in [2.05, 4.69) is 0 Å². The number of nitrogens with zero attached hydrogens (tertiary/aromatic N) is 2. The highest BCUT2D eigenvalue weighted by atomic mass is 16.6. The molecule has 0 spiro atoms. The van der Waals surface area contributed by atoms with Crippen molar-refractivity contribution in [3.05, 3.63) is 33.6 Å². The second-order valence-electron chi connectivity index (χ2n) is 3.07. The molecule has 1 aliphatic rings. The first-order valence-corrected chi connectivity index (χ1v) is 4.24. The highest BCUT2D eigenvalue weighted by Gasteiger charge is 2.22. The maximum absolute atomic E-state index is 10.7. The van der Waals surface area contributed by atoms with Crippen LogP contribution in [0.5, 0.6) is 0 Å². The second kappa shape index (κ2) is 3.10. The number of aldehydes is 1. The fourth-order valence-electron chi connectivity index (χ4n) is 1.65. The summed E-state index contributed by atoms with van der Waals surface area (Å²) in [4.78, 5) is 20.8. The van der Waals surface area contributed by atoms with Gasteiger partial charge in [0.15, 0.2) is 6.29 Å². The van der Waals surface area contributed by atoms with Crippen molar-refractivity contribution >= 4 is 18.2 Å². The molecule has 0 saturated carbocycles. The third-order valence-electron chi connectivity index (χ3n) is 2.27. The Morgan fingerprint density at radius 2 is 2.36 bits per heavy atom. The molecule has 72 valence electrons. The maximum Gasteiger partial charge on any atom is 0.291 e. The minimum absolute atomic E-state index is 0.0384. The lowest BCUT2D eigenvalue weighted by molar-refractivity contribution is -0.385. The average Bonchev–Trinajstić information content (AvgIpc) is 2.56. The van der Waals surface area contributed by atoms with Crippen LogP contribution in [0, 0.1) is 10.1 Å². The SMILES string of the molecule is O=Cc1cc([N+](=O)[O-])c2n1C=CCC2. The number of aromatic nitrogens is 1. The zero-order valence-corrected chi connectivity index (χ0v) is 7.34. The second-order valence-corrected chi connectivity index (χ2v) is 3.07. The van der Waals surface area contributed by atoms with E-state index < -0.39 is 4.92 Å². The fourth-order valence-corrected chi connectivity index (χ4v) is 1.65. The van der Waals surface area contributed by atoms with Crippen LogP contribution in [0.4, 0.5) is 5.69 Å². The van der Waals surface area contributed by atoms with Crippen molar-refractivity contribution in [1.82, 2.24) is 4.57 Å². The predicted molar refractivity (Wildman–Crippen MR) is 50.1 cm³/mol. The molecule has 0 fully saturated rings. The lowest BCUT2D eigenvalue weighted by Crippen LogP contribution is -2.04. The lowest BCUT2D eigenvalue weighted by Gasteiger charge is -2.08. The van der Waals surface area contributed by atoms with E-state index in [1.807, 2.05) is 6.08 Å². The topological polar surface area (TPSA) is 65.1 Å². The number of fused-ring (bicyclic) bond motifs is 1. The van der Waals surface area contributed by atoms with Gasteiger partial charge in [-0.2, -0.15) is 0 Å². The Morgan fingerprint density at radius 1 is 1.57 bits per heavy atom. The summed E-state index contributed by atoms with van der Waals surface area (Å²) < 4.78 is 1.58.